The number of hydrogen-bond acceptors (Lipinski definition) is 8. The molecule has 0 unspecified atom stereocenters. The standard InChI is InChI=1S/C24H18N8O4/c1-3-4-31-14-8-16-15(35-5-6-36-16)7-13(14)24(23(31)34)9-17(33)29-21-18(24)12(2)30-32(21)22-19-20(26-10-25-19)27-11-28-22/h1,7-8,10-11H,4-6,9H2,2H3,(H,29,33)(H,25,26,27,28)/t24-/m0/s1. The molecular weight excluding hydrogens is 464 g/mol. The number of aryl methyl sites for hydroxylation is 1. The number of nitrogens with one attached hydrogen (secondary N) is 2. The summed E-state index contributed by atoms with van der Waals surface area (Å²) in [5, 5.41) is 7.62. The highest BCUT2D eigenvalue weighted by Gasteiger charge is 2.58. The molecule has 1 spiro atoms. The highest BCUT2D eigenvalue weighted by atomic mass is 16.6. The van der Waals surface area contributed by atoms with Crippen molar-refractivity contribution in [1.82, 2.24) is 29.7 Å². The lowest BCUT2D eigenvalue weighted by atomic mass is 9.70. The number of nitrogens with zero attached hydrogens (tertiary/aromatic N) is 6. The molecule has 12 nitrogen and oxygen atoms in total. The third kappa shape index (κ3) is 2.48. The van der Waals surface area contributed by atoms with Crippen LogP contribution < -0.4 is 19.7 Å². The van der Waals surface area contributed by atoms with E-state index in [0.29, 0.717) is 70.0 Å². The van der Waals surface area contributed by atoms with E-state index in [0.717, 1.165) is 0 Å². The van der Waals surface area contributed by atoms with E-state index in [4.69, 9.17) is 21.0 Å². The molecule has 0 aliphatic carbocycles. The Labute approximate surface area is 203 Å². The molecule has 0 radical (unpaired) electrons. The Bertz CT molecular complexity index is 1660. The molecule has 1 aromatic carbocycles. The molecule has 1 atom stereocenters. The molecule has 4 aromatic rings. The van der Waals surface area contributed by atoms with Crippen molar-refractivity contribution in [3.63, 3.8) is 0 Å². The largest absolute Gasteiger partial charge is 0.486 e. The van der Waals surface area contributed by atoms with Crippen molar-refractivity contribution in [3.8, 4) is 29.7 Å². The highest BCUT2D eigenvalue weighted by molar-refractivity contribution is 6.16. The van der Waals surface area contributed by atoms with Crippen LogP contribution in [0.5, 0.6) is 11.5 Å². The van der Waals surface area contributed by atoms with E-state index in [1.807, 2.05) is 0 Å². The quantitative estimate of drug-likeness (QED) is 0.407. The van der Waals surface area contributed by atoms with E-state index < -0.39 is 5.41 Å². The zero-order valence-corrected chi connectivity index (χ0v) is 19.0. The van der Waals surface area contributed by atoms with Crippen molar-refractivity contribution in [2.45, 2.75) is 18.8 Å². The summed E-state index contributed by atoms with van der Waals surface area (Å²) in [6.45, 7) is 2.63. The molecule has 2 N–H and O–H groups in total. The van der Waals surface area contributed by atoms with Crippen LogP contribution in [0.25, 0.3) is 17.0 Å². The summed E-state index contributed by atoms with van der Waals surface area (Å²) in [5.74, 6) is 3.73. The normalized spacial score (nSPS) is 19.8. The van der Waals surface area contributed by atoms with Crippen LogP contribution in [0.4, 0.5) is 11.5 Å². The Morgan fingerprint density at radius 2 is 1.97 bits per heavy atom. The number of benzene rings is 1. The van der Waals surface area contributed by atoms with Gasteiger partial charge >= 0.3 is 0 Å². The minimum absolute atomic E-state index is 0.0397. The van der Waals surface area contributed by atoms with Crippen molar-refractivity contribution in [2.75, 3.05) is 30.0 Å². The van der Waals surface area contributed by atoms with Gasteiger partial charge in [-0.3, -0.25) is 14.5 Å². The summed E-state index contributed by atoms with van der Waals surface area (Å²) in [4.78, 5) is 44.7. The van der Waals surface area contributed by atoms with E-state index in [2.05, 4.69) is 31.2 Å². The summed E-state index contributed by atoms with van der Waals surface area (Å²) >= 11 is 0. The average Bonchev–Trinajstić information content (AvgIpc) is 3.54. The highest BCUT2D eigenvalue weighted by Crippen LogP contribution is 2.56. The predicted octanol–water partition coefficient (Wildman–Crippen LogP) is 1.23. The lowest BCUT2D eigenvalue weighted by Crippen LogP contribution is -2.47. The van der Waals surface area contributed by atoms with Crippen LogP contribution in [0, 0.1) is 19.3 Å². The maximum absolute atomic E-state index is 14.2. The number of aromatic amines is 1. The summed E-state index contributed by atoms with van der Waals surface area (Å²) in [6, 6.07) is 3.55. The second-order valence-corrected chi connectivity index (χ2v) is 8.76. The Kier molecular flexibility index (Phi) is 4.00. The number of H-pyrrole nitrogens is 1. The molecule has 0 bridgehead atoms. The number of anilines is 2. The summed E-state index contributed by atoms with van der Waals surface area (Å²) in [5.41, 5.74) is 2.01. The number of imidazole rings is 1. The second-order valence-electron chi connectivity index (χ2n) is 8.76. The molecule has 36 heavy (non-hydrogen) atoms. The van der Waals surface area contributed by atoms with Gasteiger partial charge in [0.05, 0.1) is 24.3 Å². The Morgan fingerprint density at radius 1 is 1.17 bits per heavy atom. The molecule has 2 amide bonds. The van der Waals surface area contributed by atoms with E-state index in [9.17, 15) is 9.59 Å². The number of rotatable bonds is 2. The maximum Gasteiger partial charge on any atom is 0.243 e. The van der Waals surface area contributed by atoms with Crippen LogP contribution in [0.1, 0.15) is 23.2 Å². The third-order valence-electron chi connectivity index (χ3n) is 6.85. The predicted molar refractivity (Wildman–Crippen MR) is 126 cm³/mol. The van der Waals surface area contributed by atoms with Crippen LogP contribution in [0.2, 0.25) is 0 Å². The number of fused-ring (bicyclic) bond motifs is 6. The molecule has 3 aliphatic rings. The first-order chi connectivity index (χ1) is 17.5. The number of aromatic nitrogens is 6. The number of terminal acetylenes is 1. The molecule has 0 fully saturated rings. The number of amides is 2. The monoisotopic (exact) mass is 482 g/mol. The van der Waals surface area contributed by atoms with E-state index >= 15 is 0 Å². The van der Waals surface area contributed by atoms with Gasteiger partial charge in [0.1, 0.15) is 36.3 Å². The van der Waals surface area contributed by atoms with Gasteiger partial charge in [-0.25, -0.2) is 15.0 Å². The smallest absolute Gasteiger partial charge is 0.243 e. The number of carbonyl (C=O) groups is 2. The average molecular weight is 482 g/mol. The first kappa shape index (κ1) is 20.5. The van der Waals surface area contributed by atoms with Crippen molar-refractivity contribution in [2.24, 2.45) is 0 Å². The minimum atomic E-state index is -1.35. The van der Waals surface area contributed by atoms with Crippen molar-refractivity contribution in [3.05, 3.63) is 41.6 Å². The third-order valence-corrected chi connectivity index (χ3v) is 6.85. The SMILES string of the molecule is C#CCN1C(=O)[C@@]2(CC(=O)Nc3c2c(C)nn3-c2ncnc3nc[nH]c23)c2cc3c(cc21)OCCO3. The molecule has 178 valence electrons. The Balaban J connectivity index is 1.52. The van der Waals surface area contributed by atoms with E-state index in [1.54, 1.807) is 19.1 Å². The van der Waals surface area contributed by atoms with Crippen molar-refractivity contribution < 1.29 is 19.1 Å². The number of carbonyl (C=O) groups excluding carboxylic acids is 2. The van der Waals surface area contributed by atoms with Crippen LogP contribution in [0.15, 0.2) is 24.8 Å². The van der Waals surface area contributed by atoms with Crippen LogP contribution in [0.3, 0.4) is 0 Å². The summed E-state index contributed by atoms with van der Waals surface area (Å²) in [7, 11) is 0. The fourth-order valence-corrected chi connectivity index (χ4v) is 5.48. The zero-order valence-electron chi connectivity index (χ0n) is 19.0. The molecular formula is C24H18N8O4. The van der Waals surface area contributed by atoms with Gasteiger partial charge in [0.25, 0.3) is 0 Å². The fraction of sp³-hybridized carbons (Fsp3) is 0.250. The van der Waals surface area contributed by atoms with Crippen LogP contribution in [-0.2, 0) is 15.0 Å². The minimum Gasteiger partial charge on any atom is -0.486 e. The molecule has 3 aromatic heterocycles. The van der Waals surface area contributed by atoms with Crippen LogP contribution >= 0.6 is 0 Å². The number of ether oxygens (including phenoxy) is 2. The maximum atomic E-state index is 14.2. The zero-order chi connectivity index (χ0) is 24.6. The molecule has 3 aliphatic heterocycles. The number of hydrogen-bond donors (Lipinski definition) is 2. The molecule has 0 saturated carbocycles. The summed E-state index contributed by atoms with van der Waals surface area (Å²) < 4.78 is 13.1. The van der Waals surface area contributed by atoms with Gasteiger partial charge in [0.15, 0.2) is 23.0 Å². The fourth-order valence-electron chi connectivity index (χ4n) is 5.48. The lowest BCUT2D eigenvalue weighted by Gasteiger charge is -2.33. The van der Waals surface area contributed by atoms with Crippen molar-refractivity contribution >= 4 is 34.5 Å². The first-order valence-corrected chi connectivity index (χ1v) is 11.3. The topological polar surface area (TPSA) is 140 Å². The molecule has 0 saturated heterocycles. The van der Waals surface area contributed by atoms with Crippen molar-refractivity contribution in [1.29, 1.82) is 0 Å². The van der Waals surface area contributed by atoms with Gasteiger partial charge in [-0.15, -0.1) is 6.42 Å². The van der Waals surface area contributed by atoms with Gasteiger partial charge in [-0.2, -0.15) is 9.78 Å². The molecule has 7 rings (SSSR count). The Morgan fingerprint density at radius 3 is 2.78 bits per heavy atom. The van der Waals surface area contributed by atoms with E-state index in [-0.39, 0.29) is 24.8 Å². The van der Waals surface area contributed by atoms with E-state index in [1.165, 1.54) is 22.2 Å². The lowest BCUT2D eigenvalue weighted by molar-refractivity contribution is -0.126. The van der Waals surface area contributed by atoms with Gasteiger partial charge in [-0.05, 0) is 13.0 Å². The summed E-state index contributed by atoms with van der Waals surface area (Å²) in [6.07, 6.45) is 8.41. The van der Waals surface area contributed by atoms with Gasteiger partial charge < -0.3 is 19.8 Å². The Hall–Kier alpha value is -4.92. The molecule has 12 heteroatoms. The molecule has 6 heterocycles. The van der Waals surface area contributed by atoms with Gasteiger partial charge in [0.2, 0.25) is 11.8 Å². The van der Waals surface area contributed by atoms with Gasteiger partial charge in [-0.1, -0.05) is 5.92 Å². The van der Waals surface area contributed by atoms with Gasteiger partial charge in [0, 0.05) is 23.6 Å². The van der Waals surface area contributed by atoms with Crippen LogP contribution in [-0.4, -0.2) is 61.3 Å². The first-order valence-electron chi connectivity index (χ1n) is 11.3. The second kappa shape index (κ2) is 7.05.